The summed E-state index contributed by atoms with van der Waals surface area (Å²) >= 11 is 0. The van der Waals surface area contributed by atoms with E-state index >= 15 is 0 Å². The summed E-state index contributed by atoms with van der Waals surface area (Å²) in [6.07, 6.45) is 5.24. The Kier molecular flexibility index (Phi) is 5.06. The molecule has 3 aliphatic rings. The molecule has 1 atom stereocenters. The average molecular weight is 393 g/mol. The zero-order valence-electron chi connectivity index (χ0n) is 16.6. The summed E-state index contributed by atoms with van der Waals surface area (Å²) in [6, 6.07) is 10.0. The van der Waals surface area contributed by atoms with E-state index in [2.05, 4.69) is 20.1 Å². The first kappa shape index (κ1) is 18.4. The highest BCUT2D eigenvalue weighted by Crippen LogP contribution is 2.39. The highest BCUT2D eigenvalue weighted by molar-refractivity contribution is 5.94. The number of carbonyl (C=O) groups is 1. The van der Waals surface area contributed by atoms with E-state index in [4.69, 9.17) is 9.72 Å². The third-order valence-electron chi connectivity index (χ3n) is 5.97. The minimum atomic E-state index is -0.0157. The van der Waals surface area contributed by atoms with Gasteiger partial charge in [-0.3, -0.25) is 4.79 Å². The van der Waals surface area contributed by atoms with Crippen molar-refractivity contribution in [2.75, 3.05) is 49.2 Å². The summed E-state index contributed by atoms with van der Waals surface area (Å²) in [7, 11) is 0. The molecule has 1 unspecified atom stereocenters. The summed E-state index contributed by atoms with van der Waals surface area (Å²) in [4.78, 5) is 26.3. The van der Waals surface area contributed by atoms with Gasteiger partial charge in [-0.05, 0) is 49.6 Å². The Bertz CT molecular complexity index is 862. The van der Waals surface area contributed by atoms with Crippen LogP contribution in [0, 0.1) is 0 Å². The predicted molar refractivity (Wildman–Crippen MR) is 112 cm³/mol. The van der Waals surface area contributed by atoms with Crippen LogP contribution in [0.25, 0.3) is 0 Å². The van der Waals surface area contributed by atoms with E-state index in [9.17, 15) is 4.79 Å². The lowest BCUT2D eigenvalue weighted by molar-refractivity contribution is 0.0940. The molecule has 3 fully saturated rings. The molecule has 1 amide bonds. The van der Waals surface area contributed by atoms with E-state index in [0.717, 1.165) is 63.1 Å². The molecule has 1 N–H and O–H groups in total. The van der Waals surface area contributed by atoms with Gasteiger partial charge in [0.05, 0.1) is 13.2 Å². The molecule has 2 saturated heterocycles. The molecule has 1 saturated carbocycles. The van der Waals surface area contributed by atoms with E-state index in [1.54, 1.807) is 0 Å². The van der Waals surface area contributed by atoms with E-state index in [0.29, 0.717) is 11.5 Å². The first-order chi connectivity index (χ1) is 14.3. The second-order valence-corrected chi connectivity index (χ2v) is 8.11. The van der Waals surface area contributed by atoms with Crippen molar-refractivity contribution in [1.82, 2.24) is 15.3 Å². The molecule has 1 aromatic carbocycles. The van der Waals surface area contributed by atoms with Crippen LogP contribution >= 0.6 is 0 Å². The molecule has 0 spiro atoms. The zero-order chi connectivity index (χ0) is 19.6. The van der Waals surface area contributed by atoms with Gasteiger partial charge in [0.15, 0.2) is 0 Å². The summed E-state index contributed by atoms with van der Waals surface area (Å²) in [6.45, 7) is 4.93. The van der Waals surface area contributed by atoms with Crippen LogP contribution in [0.3, 0.4) is 0 Å². The Morgan fingerprint density at radius 2 is 1.79 bits per heavy atom. The van der Waals surface area contributed by atoms with Crippen LogP contribution in [-0.2, 0) is 4.74 Å². The fraction of sp³-hybridized carbons (Fsp3) is 0.500. The monoisotopic (exact) mass is 393 g/mol. The van der Waals surface area contributed by atoms with E-state index in [1.807, 2.05) is 36.5 Å². The molecular formula is C22H27N5O2. The van der Waals surface area contributed by atoms with Crippen LogP contribution in [0.5, 0.6) is 0 Å². The van der Waals surface area contributed by atoms with Gasteiger partial charge < -0.3 is 19.9 Å². The second-order valence-electron chi connectivity index (χ2n) is 8.11. The molecule has 7 nitrogen and oxygen atoms in total. The second kappa shape index (κ2) is 7.99. The van der Waals surface area contributed by atoms with Gasteiger partial charge >= 0.3 is 0 Å². The highest BCUT2D eigenvalue weighted by atomic mass is 16.5. The average Bonchev–Trinajstić information content (AvgIpc) is 3.53. The molecule has 7 heteroatoms. The smallest absolute Gasteiger partial charge is 0.251 e. The van der Waals surface area contributed by atoms with Gasteiger partial charge in [0.2, 0.25) is 5.95 Å². The minimum absolute atomic E-state index is 0.0157. The van der Waals surface area contributed by atoms with Crippen LogP contribution in [-0.4, -0.2) is 61.3 Å². The number of nitrogens with zero attached hydrogens (tertiary/aromatic N) is 4. The summed E-state index contributed by atoms with van der Waals surface area (Å²) in [5.74, 6) is 1.40. The van der Waals surface area contributed by atoms with Crippen molar-refractivity contribution in [3.8, 4) is 0 Å². The largest absolute Gasteiger partial charge is 0.378 e. The van der Waals surface area contributed by atoms with Crippen molar-refractivity contribution in [3.63, 3.8) is 0 Å². The first-order valence-corrected chi connectivity index (χ1v) is 10.6. The quantitative estimate of drug-likeness (QED) is 0.840. The van der Waals surface area contributed by atoms with E-state index < -0.39 is 0 Å². The maximum atomic E-state index is 12.7. The van der Waals surface area contributed by atoms with E-state index in [-0.39, 0.29) is 11.9 Å². The lowest BCUT2D eigenvalue weighted by atomic mass is 10.1. The number of benzene rings is 1. The Morgan fingerprint density at radius 1 is 1.00 bits per heavy atom. The molecule has 1 aliphatic carbocycles. The van der Waals surface area contributed by atoms with Gasteiger partial charge in [-0.1, -0.05) is 0 Å². The molecule has 0 radical (unpaired) electrons. The van der Waals surface area contributed by atoms with Crippen LogP contribution < -0.4 is 15.1 Å². The van der Waals surface area contributed by atoms with Gasteiger partial charge in [-0.15, -0.1) is 0 Å². The Labute approximate surface area is 171 Å². The molecule has 152 valence electrons. The highest BCUT2D eigenvalue weighted by Gasteiger charge is 2.29. The molecule has 1 aromatic heterocycles. The van der Waals surface area contributed by atoms with Crippen molar-refractivity contribution < 1.29 is 9.53 Å². The number of hydrogen-bond acceptors (Lipinski definition) is 6. The lowest BCUT2D eigenvalue weighted by Crippen LogP contribution is -2.37. The number of rotatable bonds is 5. The number of morpholine rings is 1. The van der Waals surface area contributed by atoms with Crippen molar-refractivity contribution in [3.05, 3.63) is 47.8 Å². The van der Waals surface area contributed by atoms with Gasteiger partial charge in [0.25, 0.3) is 5.91 Å². The number of aromatic nitrogens is 2. The SMILES string of the molecule is O=C(NC1CCN(c2nccc(C3CC3)n2)C1)c1ccc(N2CCOCC2)cc1. The topological polar surface area (TPSA) is 70.6 Å². The standard InChI is InChI=1S/C22H27N5O2/c28-21(17-3-5-19(6-4-17)26-11-13-29-14-12-26)24-18-8-10-27(15-18)22-23-9-7-20(25-22)16-1-2-16/h3-7,9,16,18H,1-2,8,10-15H2,(H,24,28). The number of hydrogen-bond donors (Lipinski definition) is 1. The van der Waals surface area contributed by atoms with Crippen molar-refractivity contribution >= 4 is 17.5 Å². The molecule has 5 rings (SSSR count). The van der Waals surface area contributed by atoms with Crippen molar-refractivity contribution in [2.45, 2.75) is 31.2 Å². The van der Waals surface area contributed by atoms with Crippen molar-refractivity contribution in [1.29, 1.82) is 0 Å². The third kappa shape index (κ3) is 4.19. The number of anilines is 2. The normalized spacial score (nSPS) is 22.0. The maximum absolute atomic E-state index is 12.7. The van der Waals surface area contributed by atoms with Crippen molar-refractivity contribution in [2.24, 2.45) is 0 Å². The molecule has 29 heavy (non-hydrogen) atoms. The number of nitrogens with one attached hydrogen (secondary N) is 1. The zero-order valence-corrected chi connectivity index (χ0v) is 16.6. The molecule has 2 aromatic rings. The first-order valence-electron chi connectivity index (χ1n) is 10.6. The molecule has 0 bridgehead atoms. The fourth-order valence-corrected chi connectivity index (χ4v) is 4.09. The van der Waals surface area contributed by atoms with Gasteiger partial charge in [0, 0.05) is 61.3 Å². The van der Waals surface area contributed by atoms with Gasteiger partial charge in [-0.25, -0.2) is 9.97 Å². The molecule has 2 aliphatic heterocycles. The number of carbonyl (C=O) groups excluding carboxylic acids is 1. The fourth-order valence-electron chi connectivity index (χ4n) is 4.09. The third-order valence-corrected chi connectivity index (χ3v) is 5.97. The Balaban J connectivity index is 1.17. The van der Waals surface area contributed by atoms with Crippen LogP contribution in [0.2, 0.25) is 0 Å². The minimum Gasteiger partial charge on any atom is -0.378 e. The molecule has 3 heterocycles. The van der Waals surface area contributed by atoms with Crippen LogP contribution in [0.1, 0.15) is 41.2 Å². The summed E-state index contributed by atoms with van der Waals surface area (Å²) in [5, 5.41) is 3.17. The Hall–Kier alpha value is -2.67. The van der Waals surface area contributed by atoms with Crippen LogP contribution in [0.4, 0.5) is 11.6 Å². The molecular weight excluding hydrogens is 366 g/mol. The predicted octanol–water partition coefficient (Wildman–Crippen LogP) is 2.20. The van der Waals surface area contributed by atoms with Crippen LogP contribution in [0.15, 0.2) is 36.5 Å². The summed E-state index contributed by atoms with van der Waals surface area (Å²) < 4.78 is 5.40. The maximum Gasteiger partial charge on any atom is 0.251 e. The lowest BCUT2D eigenvalue weighted by Gasteiger charge is -2.28. The number of ether oxygens (including phenoxy) is 1. The van der Waals surface area contributed by atoms with E-state index in [1.165, 1.54) is 12.8 Å². The Morgan fingerprint density at radius 3 is 2.55 bits per heavy atom. The van der Waals surface area contributed by atoms with Gasteiger partial charge in [0.1, 0.15) is 0 Å². The van der Waals surface area contributed by atoms with Gasteiger partial charge in [-0.2, -0.15) is 0 Å². The summed E-state index contributed by atoms with van der Waals surface area (Å²) in [5.41, 5.74) is 3.00. The number of amides is 1.